The second kappa shape index (κ2) is 3.95. The lowest BCUT2D eigenvalue weighted by Crippen LogP contribution is -2.26. The predicted octanol–water partition coefficient (Wildman–Crippen LogP) is 3.84. The molecule has 0 aromatic carbocycles. The molecule has 0 unspecified atom stereocenters. The lowest BCUT2D eigenvalue weighted by Gasteiger charge is -2.09. The second-order valence-corrected chi connectivity index (χ2v) is 5.22. The highest BCUT2D eigenvalue weighted by Gasteiger charge is 2.28. The number of aromatic nitrogens is 1. The van der Waals surface area contributed by atoms with Crippen molar-refractivity contribution < 1.29 is 9.27 Å². The minimum absolute atomic E-state index is 0.0724. The van der Waals surface area contributed by atoms with Crippen LogP contribution < -0.4 is 4.79 Å². The molecule has 0 bridgehead atoms. The standard InChI is InChI=1S/C6H2Cl5FN/c7-4-1-3(6(9,10)11)2-5(8)13(4)12/h1-2H/q+1. The topological polar surface area (TPSA) is 3.88 Å². The Kier molecular flexibility index (Phi) is 3.53. The third-order valence-electron chi connectivity index (χ3n) is 1.25. The summed E-state index contributed by atoms with van der Waals surface area (Å²) in [5, 5.41) is -0.511. The van der Waals surface area contributed by atoms with Crippen molar-refractivity contribution in [3.05, 3.63) is 28.0 Å². The van der Waals surface area contributed by atoms with Crippen molar-refractivity contribution >= 4 is 58.0 Å². The quantitative estimate of drug-likeness (QED) is 0.503. The van der Waals surface area contributed by atoms with E-state index in [0.717, 1.165) is 0 Å². The van der Waals surface area contributed by atoms with Gasteiger partial charge in [-0.2, -0.15) is 0 Å². The van der Waals surface area contributed by atoms with Gasteiger partial charge in [-0.25, -0.2) is 0 Å². The zero-order valence-electron chi connectivity index (χ0n) is 5.87. The van der Waals surface area contributed by atoms with Gasteiger partial charge < -0.3 is 0 Å². The molecule has 0 saturated carbocycles. The lowest BCUT2D eigenvalue weighted by atomic mass is 10.3. The Labute approximate surface area is 98.8 Å². The first-order valence-corrected chi connectivity index (χ1v) is 4.86. The van der Waals surface area contributed by atoms with Crippen molar-refractivity contribution in [2.75, 3.05) is 0 Å². The third kappa shape index (κ3) is 2.74. The van der Waals surface area contributed by atoms with Crippen LogP contribution in [0.25, 0.3) is 0 Å². The molecule has 0 amide bonds. The van der Waals surface area contributed by atoms with Crippen LogP contribution in [0.15, 0.2) is 12.1 Å². The number of alkyl halides is 3. The minimum Gasteiger partial charge on any atom is -0.0784 e. The van der Waals surface area contributed by atoms with Crippen LogP contribution in [-0.4, -0.2) is 0 Å². The van der Waals surface area contributed by atoms with E-state index in [2.05, 4.69) is 0 Å². The molecule has 0 aliphatic heterocycles. The minimum atomic E-state index is -1.67. The average Bonchev–Trinajstić information content (AvgIpc) is 1.97. The highest BCUT2D eigenvalue weighted by Crippen LogP contribution is 2.39. The van der Waals surface area contributed by atoms with Crippen molar-refractivity contribution in [1.82, 2.24) is 0 Å². The van der Waals surface area contributed by atoms with Crippen LogP contribution in [0.4, 0.5) is 4.48 Å². The van der Waals surface area contributed by atoms with Gasteiger partial charge in [0.25, 0.3) is 0 Å². The molecule has 1 heterocycles. The molecule has 1 rings (SSSR count). The van der Waals surface area contributed by atoms with Crippen LogP contribution in [0.1, 0.15) is 5.56 Å². The van der Waals surface area contributed by atoms with Crippen LogP contribution in [0, 0.1) is 0 Å². The highest BCUT2D eigenvalue weighted by atomic mass is 35.6. The molecule has 1 aromatic heterocycles. The van der Waals surface area contributed by atoms with Crippen LogP contribution >= 0.6 is 58.0 Å². The zero-order valence-corrected chi connectivity index (χ0v) is 9.65. The molecular weight excluding hydrogens is 282 g/mol. The fourth-order valence-corrected chi connectivity index (χ4v) is 1.47. The first-order valence-electron chi connectivity index (χ1n) is 2.97. The van der Waals surface area contributed by atoms with Gasteiger partial charge in [0, 0.05) is 17.7 Å². The van der Waals surface area contributed by atoms with Crippen LogP contribution in [0.2, 0.25) is 10.3 Å². The Bertz CT molecular complexity index is 311. The number of nitrogens with zero attached hydrogens (tertiary/aromatic N) is 1. The fraction of sp³-hybridized carbons (Fsp3) is 0.167. The summed E-state index contributed by atoms with van der Waals surface area (Å²) in [6.07, 6.45) is 0. The smallest absolute Gasteiger partial charge is 0.0784 e. The summed E-state index contributed by atoms with van der Waals surface area (Å²) in [4.78, 5) is 0.0724. The van der Waals surface area contributed by atoms with E-state index in [0.29, 0.717) is 0 Å². The van der Waals surface area contributed by atoms with E-state index in [1.165, 1.54) is 12.1 Å². The van der Waals surface area contributed by atoms with E-state index >= 15 is 0 Å². The van der Waals surface area contributed by atoms with E-state index in [1.54, 1.807) is 0 Å². The Morgan fingerprint density at radius 1 is 1.08 bits per heavy atom. The third-order valence-corrected chi connectivity index (χ3v) is 2.42. The van der Waals surface area contributed by atoms with E-state index in [9.17, 15) is 4.48 Å². The molecule has 0 N–H and O–H groups in total. The van der Waals surface area contributed by atoms with Gasteiger partial charge in [0.2, 0.25) is 3.79 Å². The Hall–Kier alpha value is 0.530. The fourth-order valence-electron chi connectivity index (χ4n) is 0.677. The molecule has 0 spiro atoms. The largest absolute Gasteiger partial charge is 0.324 e. The van der Waals surface area contributed by atoms with Crippen molar-refractivity contribution in [1.29, 1.82) is 0 Å². The zero-order chi connectivity index (χ0) is 10.2. The van der Waals surface area contributed by atoms with Crippen molar-refractivity contribution in [3.8, 4) is 0 Å². The predicted molar refractivity (Wildman–Crippen MR) is 52.4 cm³/mol. The van der Waals surface area contributed by atoms with Gasteiger partial charge in [-0.1, -0.05) is 34.8 Å². The van der Waals surface area contributed by atoms with E-state index in [1.807, 2.05) is 0 Å². The second-order valence-electron chi connectivity index (χ2n) is 2.17. The number of pyridine rings is 1. The van der Waals surface area contributed by atoms with Gasteiger partial charge in [0.15, 0.2) is 0 Å². The number of hydrogen-bond acceptors (Lipinski definition) is 0. The normalized spacial score (nSPS) is 11.8. The van der Waals surface area contributed by atoms with Gasteiger partial charge in [-0.15, -0.1) is 0 Å². The molecule has 0 fully saturated rings. The summed E-state index contributed by atoms with van der Waals surface area (Å²) in [7, 11) is 0. The molecule has 0 radical (unpaired) electrons. The monoisotopic (exact) mass is 282 g/mol. The van der Waals surface area contributed by atoms with Gasteiger partial charge in [0.05, 0.1) is 9.27 Å². The molecule has 0 atom stereocenters. The van der Waals surface area contributed by atoms with Gasteiger partial charge in [-0.3, -0.25) is 0 Å². The average molecular weight is 284 g/mol. The van der Waals surface area contributed by atoms with E-state index in [4.69, 9.17) is 58.0 Å². The maximum atomic E-state index is 12.8. The highest BCUT2D eigenvalue weighted by molar-refractivity contribution is 6.66. The molecule has 1 aromatic rings. The Morgan fingerprint density at radius 2 is 1.46 bits per heavy atom. The maximum Gasteiger partial charge on any atom is 0.324 e. The molecular formula is C6H2Cl5FN+. The molecule has 13 heavy (non-hydrogen) atoms. The Balaban J connectivity index is 3.29. The van der Waals surface area contributed by atoms with Crippen LogP contribution in [0.3, 0.4) is 0 Å². The first kappa shape index (κ1) is 11.6. The van der Waals surface area contributed by atoms with Crippen molar-refractivity contribution in [3.63, 3.8) is 0 Å². The molecule has 7 heteroatoms. The summed E-state index contributed by atoms with van der Waals surface area (Å²) in [5.41, 5.74) is 0.210. The summed E-state index contributed by atoms with van der Waals surface area (Å²) in [6.45, 7) is 0. The summed E-state index contributed by atoms with van der Waals surface area (Å²) in [5.74, 6) is 0. The summed E-state index contributed by atoms with van der Waals surface area (Å²) < 4.78 is 11.2. The maximum absolute atomic E-state index is 12.8. The lowest BCUT2D eigenvalue weighted by molar-refractivity contribution is -0.840. The summed E-state index contributed by atoms with van der Waals surface area (Å²) >= 11 is 27.5. The van der Waals surface area contributed by atoms with Crippen LogP contribution in [-0.2, 0) is 3.79 Å². The number of rotatable bonds is 0. The molecule has 0 aliphatic rings. The van der Waals surface area contributed by atoms with E-state index < -0.39 is 3.79 Å². The number of hydrogen-bond donors (Lipinski definition) is 0. The molecule has 72 valence electrons. The first-order chi connectivity index (χ1) is 5.82. The number of halogens is 6. The van der Waals surface area contributed by atoms with Gasteiger partial charge in [-0.05, 0) is 23.2 Å². The SMILES string of the molecule is F[n+]1c(Cl)cc(C(Cl)(Cl)Cl)cc1Cl. The molecule has 1 nitrogen and oxygen atoms in total. The van der Waals surface area contributed by atoms with Gasteiger partial charge in [0.1, 0.15) is 0 Å². The van der Waals surface area contributed by atoms with E-state index in [-0.39, 0.29) is 20.7 Å². The molecule has 0 saturated heterocycles. The Morgan fingerprint density at radius 3 is 1.77 bits per heavy atom. The van der Waals surface area contributed by atoms with Crippen molar-refractivity contribution in [2.24, 2.45) is 0 Å². The summed E-state index contributed by atoms with van der Waals surface area (Å²) in [6, 6.07) is 2.36. The van der Waals surface area contributed by atoms with Crippen LogP contribution in [0.5, 0.6) is 0 Å². The van der Waals surface area contributed by atoms with Crippen molar-refractivity contribution in [2.45, 2.75) is 3.79 Å². The molecule has 0 aliphatic carbocycles. The van der Waals surface area contributed by atoms with Gasteiger partial charge >= 0.3 is 10.3 Å².